The lowest BCUT2D eigenvalue weighted by Crippen LogP contribution is -2.24. The Morgan fingerprint density at radius 2 is 1.91 bits per heavy atom. The van der Waals surface area contributed by atoms with E-state index >= 15 is 0 Å². The lowest BCUT2D eigenvalue weighted by molar-refractivity contribution is -0.141. The van der Waals surface area contributed by atoms with Gasteiger partial charge in [0, 0.05) is 35.8 Å². The zero-order chi connectivity index (χ0) is 23.2. The Balaban J connectivity index is 1.71. The van der Waals surface area contributed by atoms with Crippen LogP contribution in [0.1, 0.15) is 31.0 Å². The molecule has 0 aromatic carbocycles. The molecule has 1 aliphatic carbocycles. The first-order valence-electron chi connectivity index (χ1n) is 10.4. The monoisotopic (exact) mass is 453 g/mol. The minimum absolute atomic E-state index is 0.171. The van der Waals surface area contributed by atoms with Crippen molar-refractivity contribution in [1.29, 1.82) is 0 Å². The Morgan fingerprint density at radius 3 is 2.55 bits per heavy atom. The number of rotatable bonds is 3. The third-order valence-corrected chi connectivity index (χ3v) is 5.82. The van der Waals surface area contributed by atoms with E-state index in [9.17, 15) is 23.1 Å². The highest BCUT2D eigenvalue weighted by molar-refractivity contribution is 5.93. The second kappa shape index (κ2) is 8.04. The summed E-state index contributed by atoms with van der Waals surface area (Å²) in [4.78, 5) is 30.1. The van der Waals surface area contributed by atoms with Crippen molar-refractivity contribution in [2.75, 3.05) is 0 Å². The van der Waals surface area contributed by atoms with Crippen LogP contribution in [0.4, 0.5) is 13.2 Å². The molecule has 0 unspecified atom stereocenters. The highest BCUT2D eigenvalue weighted by Gasteiger charge is 2.32. The number of hydrogen-bond acceptors (Lipinski definition) is 6. The van der Waals surface area contributed by atoms with Crippen LogP contribution in [-0.4, -0.2) is 35.7 Å². The highest BCUT2D eigenvalue weighted by atomic mass is 19.4. The average Bonchev–Trinajstić information content (AvgIpc) is 3.25. The highest BCUT2D eigenvalue weighted by Crippen LogP contribution is 2.32. The molecule has 1 N–H and O–H groups in total. The summed E-state index contributed by atoms with van der Waals surface area (Å²) in [5, 5.41) is 10.2. The summed E-state index contributed by atoms with van der Waals surface area (Å²) in [6.45, 7) is 0. The number of aromatic nitrogens is 5. The van der Waals surface area contributed by atoms with E-state index in [4.69, 9.17) is 0 Å². The van der Waals surface area contributed by atoms with Gasteiger partial charge in [-0.2, -0.15) is 13.2 Å². The Kier molecular flexibility index (Phi) is 5.16. The van der Waals surface area contributed by atoms with Gasteiger partial charge in [0.25, 0.3) is 5.56 Å². The molecule has 168 valence electrons. The molecular weight excluding hydrogens is 435 g/mol. The fraction of sp³-hybridized carbons (Fsp3) is 0.261. The molecule has 4 aromatic rings. The van der Waals surface area contributed by atoms with Crippen molar-refractivity contribution in [3.05, 3.63) is 71.3 Å². The van der Waals surface area contributed by atoms with Crippen molar-refractivity contribution in [1.82, 2.24) is 24.5 Å². The van der Waals surface area contributed by atoms with E-state index in [1.165, 1.54) is 23.0 Å². The molecule has 0 radical (unpaired) electrons. The van der Waals surface area contributed by atoms with E-state index < -0.39 is 18.0 Å². The van der Waals surface area contributed by atoms with Crippen molar-refractivity contribution in [2.45, 2.75) is 37.6 Å². The van der Waals surface area contributed by atoms with Gasteiger partial charge < -0.3 is 5.11 Å². The van der Waals surface area contributed by atoms with Gasteiger partial charge >= 0.3 is 6.18 Å². The number of hydrogen-bond donors (Lipinski definition) is 1. The summed E-state index contributed by atoms with van der Waals surface area (Å²) >= 11 is 0. The van der Waals surface area contributed by atoms with Crippen LogP contribution < -0.4 is 5.56 Å². The van der Waals surface area contributed by atoms with Crippen LogP contribution in [0.25, 0.3) is 33.4 Å². The SMILES string of the molecule is O=c1c2cc(-c3ccc(C(F)(F)F)nc3)nc(-c3cccnc3)c2ncn1[C@@H]1CC[C@H](O)C1. The third-order valence-electron chi connectivity index (χ3n) is 5.82. The fourth-order valence-corrected chi connectivity index (χ4v) is 4.16. The molecule has 1 saturated carbocycles. The van der Waals surface area contributed by atoms with Gasteiger partial charge in [-0.15, -0.1) is 0 Å². The summed E-state index contributed by atoms with van der Waals surface area (Å²) in [7, 11) is 0. The average molecular weight is 453 g/mol. The normalized spacial score (nSPS) is 18.7. The minimum atomic E-state index is -4.56. The maximum Gasteiger partial charge on any atom is 0.433 e. The van der Waals surface area contributed by atoms with Gasteiger partial charge in [-0.05, 0) is 49.6 Å². The smallest absolute Gasteiger partial charge is 0.393 e. The summed E-state index contributed by atoms with van der Waals surface area (Å²) in [6, 6.07) is 7.00. The molecule has 5 rings (SSSR count). The molecule has 4 aromatic heterocycles. The lowest BCUT2D eigenvalue weighted by atomic mass is 10.1. The number of fused-ring (bicyclic) bond motifs is 1. The van der Waals surface area contributed by atoms with E-state index in [-0.39, 0.29) is 17.0 Å². The van der Waals surface area contributed by atoms with Crippen molar-refractivity contribution < 1.29 is 18.3 Å². The molecule has 7 nitrogen and oxygen atoms in total. The van der Waals surface area contributed by atoms with Crippen LogP contribution in [-0.2, 0) is 6.18 Å². The van der Waals surface area contributed by atoms with Gasteiger partial charge in [-0.25, -0.2) is 9.97 Å². The molecule has 2 atom stereocenters. The van der Waals surface area contributed by atoms with Gasteiger partial charge in [0.15, 0.2) is 0 Å². The predicted octanol–water partition coefficient (Wildman–Crippen LogP) is 4.02. The molecule has 0 aliphatic heterocycles. The number of aliphatic hydroxyl groups excluding tert-OH is 1. The van der Waals surface area contributed by atoms with Crippen LogP contribution in [0.15, 0.2) is 60.0 Å². The van der Waals surface area contributed by atoms with E-state index in [0.29, 0.717) is 47.3 Å². The fourth-order valence-electron chi connectivity index (χ4n) is 4.16. The topological polar surface area (TPSA) is 93.8 Å². The lowest BCUT2D eigenvalue weighted by Gasteiger charge is -2.15. The van der Waals surface area contributed by atoms with Gasteiger partial charge in [0.1, 0.15) is 11.2 Å². The largest absolute Gasteiger partial charge is 0.433 e. The predicted molar refractivity (Wildman–Crippen MR) is 114 cm³/mol. The van der Waals surface area contributed by atoms with Crippen molar-refractivity contribution in [3.63, 3.8) is 0 Å². The zero-order valence-corrected chi connectivity index (χ0v) is 17.2. The first-order chi connectivity index (χ1) is 15.8. The maximum absolute atomic E-state index is 13.4. The molecule has 10 heteroatoms. The molecule has 1 aliphatic rings. The van der Waals surface area contributed by atoms with Crippen molar-refractivity contribution in [3.8, 4) is 22.5 Å². The second-order valence-corrected chi connectivity index (χ2v) is 8.00. The summed E-state index contributed by atoms with van der Waals surface area (Å²) in [6.07, 6.45) is 2.44. The Bertz CT molecular complexity index is 1370. The van der Waals surface area contributed by atoms with Gasteiger partial charge in [0.05, 0.1) is 29.2 Å². The van der Waals surface area contributed by atoms with Crippen LogP contribution >= 0.6 is 0 Å². The molecule has 0 saturated heterocycles. The van der Waals surface area contributed by atoms with E-state index in [1.807, 2.05) is 0 Å². The first kappa shape index (κ1) is 21.2. The first-order valence-corrected chi connectivity index (χ1v) is 10.4. The standard InChI is InChI=1S/C23H18F3N5O2/c24-23(25,26)19-6-3-13(11-28-19)18-9-17-21(20(30-18)14-2-1-7-27-10-14)29-12-31(22(17)33)15-4-5-16(32)8-15/h1-3,6-7,9-12,15-16,32H,4-5,8H2/t15-,16+/m1/s1. The number of alkyl halides is 3. The van der Waals surface area contributed by atoms with Gasteiger partial charge in [0.2, 0.25) is 0 Å². The molecule has 0 bridgehead atoms. The third kappa shape index (κ3) is 3.97. The van der Waals surface area contributed by atoms with Gasteiger partial charge in [-0.1, -0.05) is 0 Å². The summed E-state index contributed by atoms with van der Waals surface area (Å²) in [5.41, 5.74) is 0.700. The van der Waals surface area contributed by atoms with Crippen LogP contribution in [0.3, 0.4) is 0 Å². The molecule has 1 fully saturated rings. The van der Waals surface area contributed by atoms with Crippen LogP contribution in [0, 0.1) is 0 Å². The number of nitrogens with zero attached hydrogens (tertiary/aromatic N) is 5. The second-order valence-electron chi connectivity index (χ2n) is 8.00. The van der Waals surface area contributed by atoms with E-state index in [1.54, 1.807) is 24.5 Å². The van der Waals surface area contributed by atoms with Crippen molar-refractivity contribution >= 4 is 10.9 Å². The van der Waals surface area contributed by atoms with Crippen LogP contribution in [0.5, 0.6) is 0 Å². The molecular formula is C23H18F3N5O2. The Hall–Kier alpha value is -3.66. The van der Waals surface area contributed by atoms with Crippen molar-refractivity contribution in [2.24, 2.45) is 0 Å². The van der Waals surface area contributed by atoms with E-state index in [2.05, 4.69) is 19.9 Å². The number of halogens is 3. The maximum atomic E-state index is 13.4. The zero-order valence-electron chi connectivity index (χ0n) is 17.2. The Morgan fingerprint density at radius 1 is 1.06 bits per heavy atom. The quantitative estimate of drug-likeness (QED) is 0.504. The van der Waals surface area contributed by atoms with Gasteiger partial charge in [-0.3, -0.25) is 19.3 Å². The molecule has 33 heavy (non-hydrogen) atoms. The minimum Gasteiger partial charge on any atom is -0.393 e. The van der Waals surface area contributed by atoms with E-state index in [0.717, 1.165) is 12.3 Å². The summed E-state index contributed by atoms with van der Waals surface area (Å²) in [5.74, 6) is 0. The molecule has 4 heterocycles. The molecule has 0 spiro atoms. The van der Waals surface area contributed by atoms with Crippen LogP contribution in [0.2, 0.25) is 0 Å². The Labute approximate surface area is 185 Å². The molecule has 0 amide bonds. The number of pyridine rings is 3. The number of aliphatic hydroxyl groups is 1. The summed E-state index contributed by atoms with van der Waals surface area (Å²) < 4.78 is 40.3.